The minimum Gasteiger partial charge on any atom is -0.489 e. The molecule has 0 amide bonds. The van der Waals surface area contributed by atoms with Gasteiger partial charge in [0, 0.05) is 12.1 Å². The molecular weight excluding hydrogens is 222 g/mol. The molecule has 0 saturated heterocycles. The molecular formula is C16H25NO. The Morgan fingerprint density at radius 3 is 2.50 bits per heavy atom. The van der Waals surface area contributed by atoms with Gasteiger partial charge in [0.2, 0.25) is 0 Å². The third kappa shape index (κ3) is 5.37. The molecule has 18 heavy (non-hydrogen) atoms. The van der Waals surface area contributed by atoms with Gasteiger partial charge in [-0.2, -0.15) is 0 Å². The Bertz CT molecular complexity index is 416. The Kier molecular flexibility index (Phi) is 4.97. The molecule has 0 aromatic heterocycles. The van der Waals surface area contributed by atoms with Crippen LogP contribution in [0, 0.1) is 13.8 Å². The first-order chi connectivity index (χ1) is 8.28. The summed E-state index contributed by atoms with van der Waals surface area (Å²) in [5.41, 5.74) is 3.60. The fraction of sp³-hybridized carbons (Fsp3) is 0.500. The molecule has 0 bridgehead atoms. The van der Waals surface area contributed by atoms with E-state index < -0.39 is 0 Å². The maximum atomic E-state index is 5.78. The van der Waals surface area contributed by atoms with Gasteiger partial charge in [-0.25, -0.2) is 0 Å². The number of aryl methyl sites for hydroxylation is 2. The van der Waals surface area contributed by atoms with E-state index in [9.17, 15) is 0 Å². The summed E-state index contributed by atoms with van der Waals surface area (Å²) in [5, 5.41) is 3.40. The summed E-state index contributed by atoms with van der Waals surface area (Å²) >= 11 is 0. The van der Waals surface area contributed by atoms with Crippen molar-refractivity contribution in [1.29, 1.82) is 0 Å². The van der Waals surface area contributed by atoms with E-state index >= 15 is 0 Å². The Morgan fingerprint density at radius 1 is 1.28 bits per heavy atom. The summed E-state index contributed by atoms with van der Waals surface area (Å²) in [4.78, 5) is 0. The minimum absolute atomic E-state index is 0.114. The molecule has 0 aliphatic carbocycles. The van der Waals surface area contributed by atoms with Crippen LogP contribution >= 0.6 is 0 Å². The topological polar surface area (TPSA) is 21.3 Å². The van der Waals surface area contributed by atoms with Crippen LogP contribution in [-0.2, 0) is 0 Å². The Morgan fingerprint density at radius 2 is 1.94 bits per heavy atom. The lowest BCUT2D eigenvalue weighted by molar-refractivity contribution is 0.339. The van der Waals surface area contributed by atoms with Crippen LogP contribution in [0.3, 0.4) is 0 Å². The van der Waals surface area contributed by atoms with E-state index in [1.165, 1.54) is 11.1 Å². The number of benzene rings is 1. The Labute approximate surface area is 111 Å². The second kappa shape index (κ2) is 6.05. The zero-order valence-corrected chi connectivity index (χ0v) is 12.3. The monoisotopic (exact) mass is 247 g/mol. The summed E-state index contributed by atoms with van der Waals surface area (Å²) in [6.07, 6.45) is 0. The molecule has 0 radical (unpaired) electrons. The molecule has 2 nitrogen and oxygen atoms in total. The molecule has 2 heteroatoms. The van der Waals surface area contributed by atoms with Crippen molar-refractivity contribution in [3.05, 3.63) is 41.5 Å². The Hall–Kier alpha value is -1.28. The lowest BCUT2D eigenvalue weighted by atomic mass is 10.1. The van der Waals surface area contributed by atoms with Crippen LogP contribution in [-0.4, -0.2) is 18.7 Å². The number of rotatable bonds is 5. The van der Waals surface area contributed by atoms with E-state index in [0.717, 1.165) is 17.9 Å². The normalized spacial score (nSPS) is 11.4. The molecule has 100 valence electrons. The van der Waals surface area contributed by atoms with Gasteiger partial charge in [0.25, 0.3) is 0 Å². The molecule has 0 fully saturated rings. The summed E-state index contributed by atoms with van der Waals surface area (Å²) < 4.78 is 5.78. The molecule has 1 N–H and O–H groups in total. The summed E-state index contributed by atoms with van der Waals surface area (Å²) in [7, 11) is 0. The molecule has 0 aliphatic rings. The zero-order chi connectivity index (χ0) is 13.8. The van der Waals surface area contributed by atoms with Crippen LogP contribution in [0.25, 0.3) is 0 Å². The van der Waals surface area contributed by atoms with Crippen molar-refractivity contribution in [2.24, 2.45) is 0 Å². The fourth-order valence-corrected chi connectivity index (χ4v) is 1.58. The van der Waals surface area contributed by atoms with E-state index in [0.29, 0.717) is 6.61 Å². The second-order valence-corrected chi connectivity index (χ2v) is 5.91. The van der Waals surface area contributed by atoms with Crippen LogP contribution in [0.1, 0.15) is 31.9 Å². The van der Waals surface area contributed by atoms with Crippen molar-refractivity contribution >= 4 is 0 Å². The maximum absolute atomic E-state index is 5.78. The Balaban J connectivity index is 2.43. The highest BCUT2D eigenvalue weighted by molar-refractivity contribution is 5.35. The predicted molar refractivity (Wildman–Crippen MR) is 78.3 cm³/mol. The van der Waals surface area contributed by atoms with E-state index in [-0.39, 0.29) is 5.54 Å². The summed E-state index contributed by atoms with van der Waals surface area (Å²) in [5.74, 6) is 0.942. The van der Waals surface area contributed by atoms with E-state index in [1.807, 2.05) is 6.07 Å². The highest BCUT2D eigenvalue weighted by atomic mass is 16.5. The van der Waals surface area contributed by atoms with Crippen molar-refractivity contribution in [2.75, 3.05) is 13.2 Å². The van der Waals surface area contributed by atoms with Crippen molar-refractivity contribution in [1.82, 2.24) is 5.32 Å². The van der Waals surface area contributed by atoms with E-state index in [2.05, 4.69) is 58.6 Å². The summed E-state index contributed by atoms with van der Waals surface area (Å²) in [6.45, 7) is 16.0. The van der Waals surface area contributed by atoms with Gasteiger partial charge < -0.3 is 10.1 Å². The average molecular weight is 247 g/mol. The highest BCUT2D eigenvalue weighted by Crippen LogP contribution is 2.19. The van der Waals surface area contributed by atoms with Crippen molar-refractivity contribution in [2.45, 2.75) is 40.2 Å². The molecule has 0 unspecified atom stereocenters. The number of hydrogen-bond donors (Lipinski definition) is 1. The third-order valence-electron chi connectivity index (χ3n) is 2.63. The first-order valence-corrected chi connectivity index (χ1v) is 6.40. The molecule has 0 atom stereocenters. The number of ether oxygens (including phenoxy) is 1. The van der Waals surface area contributed by atoms with Gasteiger partial charge in [0.05, 0.1) is 0 Å². The van der Waals surface area contributed by atoms with Gasteiger partial charge in [-0.3, -0.25) is 0 Å². The zero-order valence-electron chi connectivity index (χ0n) is 12.3. The maximum Gasteiger partial charge on any atom is 0.122 e. The minimum atomic E-state index is 0.114. The smallest absolute Gasteiger partial charge is 0.122 e. The van der Waals surface area contributed by atoms with Gasteiger partial charge in [-0.15, -0.1) is 0 Å². The highest BCUT2D eigenvalue weighted by Gasteiger charge is 2.09. The van der Waals surface area contributed by atoms with Crippen LogP contribution in [0.5, 0.6) is 5.75 Å². The van der Waals surface area contributed by atoms with Crippen LogP contribution in [0.2, 0.25) is 0 Å². The van der Waals surface area contributed by atoms with Gasteiger partial charge in [-0.05, 0) is 51.8 Å². The fourth-order valence-electron chi connectivity index (χ4n) is 1.58. The van der Waals surface area contributed by atoms with Crippen molar-refractivity contribution < 1.29 is 4.74 Å². The molecule has 1 aromatic carbocycles. The lowest BCUT2D eigenvalue weighted by Gasteiger charge is -2.21. The largest absolute Gasteiger partial charge is 0.489 e. The molecule has 0 saturated carbocycles. The molecule has 0 aliphatic heterocycles. The van der Waals surface area contributed by atoms with Crippen LogP contribution < -0.4 is 10.1 Å². The predicted octanol–water partition coefficient (Wildman–Crippen LogP) is 3.63. The molecule has 0 heterocycles. The molecule has 1 aromatic rings. The number of hydrogen-bond acceptors (Lipinski definition) is 2. The molecule has 0 spiro atoms. The summed E-state index contributed by atoms with van der Waals surface area (Å²) in [6, 6.07) is 6.22. The third-order valence-corrected chi connectivity index (χ3v) is 2.63. The molecule has 1 rings (SSSR count). The lowest BCUT2D eigenvalue weighted by Crippen LogP contribution is -2.37. The van der Waals surface area contributed by atoms with E-state index in [1.54, 1.807) is 0 Å². The van der Waals surface area contributed by atoms with Gasteiger partial charge >= 0.3 is 0 Å². The SMILES string of the molecule is C=C(CNC(C)(C)C)COc1ccc(C)cc1C. The van der Waals surface area contributed by atoms with Gasteiger partial charge in [0.15, 0.2) is 0 Å². The number of nitrogens with one attached hydrogen (secondary N) is 1. The average Bonchev–Trinajstić information content (AvgIpc) is 2.24. The van der Waals surface area contributed by atoms with Crippen molar-refractivity contribution in [3.63, 3.8) is 0 Å². The first-order valence-electron chi connectivity index (χ1n) is 6.40. The van der Waals surface area contributed by atoms with Gasteiger partial charge in [-0.1, -0.05) is 24.3 Å². The van der Waals surface area contributed by atoms with E-state index in [4.69, 9.17) is 4.74 Å². The first kappa shape index (κ1) is 14.8. The van der Waals surface area contributed by atoms with Crippen LogP contribution in [0.15, 0.2) is 30.4 Å². The second-order valence-electron chi connectivity index (χ2n) is 5.91. The van der Waals surface area contributed by atoms with Crippen LogP contribution in [0.4, 0.5) is 0 Å². The van der Waals surface area contributed by atoms with Crippen molar-refractivity contribution in [3.8, 4) is 5.75 Å². The standard InChI is InChI=1S/C16H25NO/c1-12-7-8-15(14(3)9-12)18-11-13(2)10-17-16(4,5)6/h7-9,17H,2,10-11H2,1,3-6H3. The quantitative estimate of drug-likeness (QED) is 0.802. The van der Waals surface area contributed by atoms with Gasteiger partial charge in [0.1, 0.15) is 12.4 Å².